The molecule has 2 saturated carbocycles. The van der Waals surface area contributed by atoms with E-state index in [1.807, 2.05) is 11.7 Å². The molecule has 0 aromatic carbocycles. The minimum Gasteiger partial charge on any atom is -0.392 e. The zero-order chi connectivity index (χ0) is 12.7. The lowest BCUT2D eigenvalue weighted by Gasteiger charge is -2.26. The molecule has 1 aromatic rings. The van der Waals surface area contributed by atoms with Crippen molar-refractivity contribution < 1.29 is 5.11 Å². The predicted octanol–water partition coefficient (Wildman–Crippen LogP) is 2.32. The van der Waals surface area contributed by atoms with Crippen LogP contribution in [0.1, 0.15) is 44.0 Å². The fraction of sp³-hybridized carbons (Fsp3) is 0.800. The first-order valence-electron chi connectivity index (χ1n) is 7.37. The van der Waals surface area contributed by atoms with E-state index in [9.17, 15) is 5.11 Å². The van der Waals surface area contributed by atoms with Gasteiger partial charge < -0.3 is 5.11 Å². The summed E-state index contributed by atoms with van der Waals surface area (Å²) in [4.78, 5) is 0. The lowest BCUT2D eigenvalue weighted by atomic mass is 9.83. The largest absolute Gasteiger partial charge is 0.392 e. The molecular weight excluding hydrogens is 224 g/mol. The number of aliphatic hydroxyl groups is 1. The average Bonchev–Trinajstić information content (AvgIpc) is 3.05. The third kappa shape index (κ3) is 2.09. The topological polar surface area (TPSA) is 38.0 Å². The number of fused-ring (bicyclic) bond motifs is 2. The summed E-state index contributed by atoms with van der Waals surface area (Å²) in [5, 5.41) is 15.0. The monoisotopic (exact) mass is 248 g/mol. The van der Waals surface area contributed by atoms with Crippen LogP contribution in [0, 0.1) is 17.8 Å². The van der Waals surface area contributed by atoms with Gasteiger partial charge in [0, 0.05) is 19.2 Å². The lowest BCUT2D eigenvalue weighted by Crippen LogP contribution is -2.28. The SMILES string of the molecule is CCc1cc(CC(O)C2CC3CCC2C3)n(C)n1. The summed E-state index contributed by atoms with van der Waals surface area (Å²) >= 11 is 0. The minimum atomic E-state index is -0.166. The van der Waals surface area contributed by atoms with Crippen molar-refractivity contribution in [3.8, 4) is 0 Å². The number of rotatable bonds is 4. The number of hydrogen-bond acceptors (Lipinski definition) is 2. The third-order valence-corrected chi connectivity index (χ3v) is 5.09. The van der Waals surface area contributed by atoms with Gasteiger partial charge in [0.05, 0.1) is 11.8 Å². The highest BCUT2D eigenvalue weighted by Crippen LogP contribution is 2.49. The van der Waals surface area contributed by atoms with Crippen LogP contribution >= 0.6 is 0 Å². The van der Waals surface area contributed by atoms with Crippen molar-refractivity contribution in [3.63, 3.8) is 0 Å². The molecule has 0 spiro atoms. The van der Waals surface area contributed by atoms with E-state index in [0.29, 0.717) is 5.92 Å². The molecular formula is C15H24N2O. The average molecular weight is 248 g/mol. The van der Waals surface area contributed by atoms with Crippen LogP contribution in [0.25, 0.3) is 0 Å². The maximum atomic E-state index is 10.5. The van der Waals surface area contributed by atoms with Crippen molar-refractivity contribution in [3.05, 3.63) is 17.5 Å². The molecule has 2 bridgehead atoms. The Morgan fingerprint density at radius 2 is 2.28 bits per heavy atom. The van der Waals surface area contributed by atoms with Gasteiger partial charge in [-0.25, -0.2) is 0 Å². The zero-order valence-corrected chi connectivity index (χ0v) is 11.5. The van der Waals surface area contributed by atoms with Crippen LogP contribution in [0.5, 0.6) is 0 Å². The summed E-state index contributed by atoms with van der Waals surface area (Å²) in [5.41, 5.74) is 2.31. The van der Waals surface area contributed by atoms with Crippen LogP contribution in [0.3, 0.4) is 0 Å². The molecule has 1 heterocycles. The number of aromatic nitrogens is 2. The maximum absolute atomic E-state index is 10.5. The second-order valence-electron chi connectivity index (χ2n) is 6.21. The number of nitrogens with zero attached hydrogens (tertiary/aromatic N) is 2. The molecule has 0 radical (unpaired) electrons. The Kier molecular flexibility index (Phi) is 3.18. The first kappa shape index (κ1) is 12.2. The molecule has 0 saturated heterocycles. The minimum absolute atomic E-state index is 0.166. The van der Waals surface area contributed by atoms with Crippen molar-refractivity contribution in [2.75, 3.05) is 0 Å². The molecule has 3 rings (SSSR count). The van der Waals surface area contributed by atoms with E-state index < -0.39 is 0 Å². The van der Waals surface area contributed by atoms with Crippen molar-refractivity contribution in [2.24, 2.45) is 24.8 Å². The molecule has 18 heavy (non-hydrogen) atoms. The first-order chi connectivity index (χ1) is 8.67. The highest BCUT2D eigenvalue weighted by atomic mass is 16.3. The quantitative estimate of drug-likeness (QED) is 0.888. The van der Waals surface area contributed by atoms with Gasteiger partial charge in [-0.05, 0) is 49.5 Å². The van der Waals surface area contributed by atoms with E-state index >= 15 is 0 Å². The van der Waals surface area contributed by atoms with E-state index in [1.54, 1.807) is 0 Å². The van der Waals surface area contributed by atoms with Crippen molar-refractivity contribution >= 4 is 0 Å². The molecule has 2 fully saturated rings. The number of aryl methyl sites for hydroxylation is 2. The van der Waals surface area contributed by atoms with E-state index in [1.165, 1.54) is 31.4 Å². The fourth-order valence-corrected chi connectivity index (χ4v) is 4.07. The van der Waals surface area contributed by atoms with Crippen molar-refractivity contribution in [1.29, 1.82) is 0 Å². The van der Waals surface area contributed by atoms with E-state index in [0.717, 1.165) is 30.4 Å². The summed E-state index contributed by atoms with van der Waals surface area (Å²) < 4.78 is 1.94. The Bertz CT molecular complexity index is 426. The number of aliphatic hydroxyl groups excluding tert-OH is 1. The van der Waals surface area contributed by atoms with E-state index in [2.05, 4.69) is 18.1 Å². The third-order valence-electron chi connectivity index (χ3n) is 5.09. The molecule has 3 heteroatoms. The van der Waals surface area contributed by atoms with Crippen LogP contribution in [0.15, 0.2) is 6.07 Å². The normalized spacial score (nSPS) is 32.1. The van der Waals surface area contributed by atoms with Crippen LogP contribution in [0.2, 0.25) is 0 Å². The molecule has 0 amide bonds. The van der Waals surface area contributed by atoms with Gasteiger partial charge in [-0.15, -0.1) is 0 Å². The van der Waals surface area contributed by atoms with E-state index in [-0.39, 0.29) is 6.10 Å². The molecule has 1 aromatic heterocycles. The fourth-order valence-electron chi connectivity index (χ4n) is 4.07. The van der Waals surface area contributed by atoms with Gasteiger partial charge in [-0.2, -0.15) is 5.10 Å². The molecule has 1 N–H and O–H groups in total. The van der Waals surface area contributed by atoms with Gasteiger partial charge in [-0.3, -0.25) is 4.68 Å². The maximum Gasteiger partial charge on any atom is 0.0626 e. The Labute approximate surface area is 109 Å². The summed E-state index contributed by atoms with van der Waals surface area (Å²) in [6.45, 7) is 2.12. The Hall–Kier alpha value is -0.830. The Morgan fingerprint density at radius 1 is 1.44 bits per heavy atom. The van der Waals surface area contributed by atoms with Crippen LogP contribution in [-0.4, -0.2) is 21.0 Å². The predicted molar refractivity (Wildman–Crippen MR) is 71.2 cm³/mol. The van der Waals surface area contributed by atoms with Gasteiger partial charge in [0.25, 0.3) is 0 Å². The molecule has 4 unspecified atom stereocenters. The molecule has 100 valence electrons. The summed E-state index contributed by atoms with van der Waals surface area (Å²) in [5.74, 6) is 2.25. The molecule has 4 atom stereocenters. The van der Waals surface area contributed by atoms with Gasteiger partial charge in [0.15, 0.2) is 0 Å². The second kappa shape index (κ2) is 4.69. The summed E-state index contributed by atoms with van der Waals surface area (Å²) in [6.07, 6.45) is 6.95. The van der Waals surface area contributed by atoms with Crippen molar-refractivity contribution in [2.45, 2.75) is 51.6 Å². The summed E-state index contributed by atoms with van der Waals surface area (Å²) in [7, 11) is 1.99. The Balaban J connectivity index is 1.66. The summed E-state index contributed by atoms with van der Waals surface area (Å²) in [6, 6.07) is 2.15. The molecule has 2 aliphatic rings. The highest BCUT2D eigenvalue weighted by molar-refractivity contribution is 5.12. The molecule has 2 aliphatic carbocycles. The standard InChI is InChI=1S/C15H24N2O/c1-3-12-8-13(17(2)16-12)9-15(18)14-7-10-4-5-11(14)6-10/h8,10-11,14-15,18H,3-7,9H2,1-2H3. The highest BCUT2D eigenvalue weighted by Gasteiger charge is 2.42. The first-order valence-corrected chi connectivity index (χ1v) is 7.37. The van der Waals surface area contributed by atoms with Gasteiger partial charge in [-0.1, -0.05) is 13.3 Å². The van der Waals surface area contributed by atoms with Gasteiger partial charge in [0.2, 0.25) is 0 Å². The van der Waals surface area contributed by atoms with Crippen LogP contribution in [0.4, 0.5) is 0 Å². The van der Waals surface area contributed by atoms with Crippen molar-refractivity contribution in [1.82, 2.24) is 9.78 Å². The molecule has 0 aliphatic heterocycles. The van der Waals surface area contributed by atoms with Crippen LogP contribution in [-0.2, 0) is 19.9 Å². The van der Waals surface area contributed by atoms with Gasteiger partial charge in [0.1, 0.15) is 0 Å². The Morgan fingerprint density at radius 3 is 2.83 bits per heavy atom. The second-order valence-corrected chi connectivity index (χ2v) is 6.21. The van der Waals surface area contributed by atoms with Gasteiger partial charge >= 0.3 is 0 Å². The lowest BCUT2D eigenvalue weighted by molar-refractivity contribution is 0.0735. The smallest absolute Gasteiger partial charge is 0.0626 e. The van der Waals surface area contributed by atoms with Crippen LogP contribution < -0.4 is 0 Å². The zero-order valence-electron chi connectivity index (χ0n) is 11.5. The molecule has 3 nitrogen and oxygen atoms in total. The number of hydrogen-bond donors (Lipinski definition) is 1. The van der Waals surface area contributed by atoms with E-state index in [4.69, 9.17) is 0 Å².